The number of anilines is 1. The second-order valence-electron chi connectivity index (χ2n) is 4.50. The van der Waals surface area contributed by atoms with Crippen molar-refractivity contribution in [1.29, 1.82) is 5.26 Å². The summed E-state index contributed by atoms with van der Waals surface area (Å²) in [4.78, 5) is 1.85. The molecule has 1 N–H and O–H groups in total. The minimum absolute atomic E-state index is 0.360. The number of hydrogen-bond acceptors (Lipinski definition) is 3. The summed E-state index contributed by atoms with van der Waals surface area (Å²) >= 11 is 17.4. The Labute approximate surface area is 144 Å². The molecule has 0 radical (unpaired) electrons. The number of rotatable bonds is 5. The van der Waals surface area contributed by atoms with Crippen LogP contribution < -0.4 is 5.32 Å². The molecule has 7 heteroatoms. The molecule has 0 aliphatic carbocycles. The van der Waals surface area contributed by atoms with Crippen LogP contribution in [0, 0.1) is 11.3 Å². The molecule has 0 saturated carbocycles. The smallest absolute Gasteiger partial charge is 0.173 e. The minimum Gasteiger partial charge on any atom is -0.467 e. The van der Waals surface area contributed by atoms with Crippen LogP contribution in [-0.4, -0.2) is 16.6 Å². The molecule has 0 atom stereocenters. The molecule has 0 fully saturated rings. The fraction of sp³-hybridized carbons (Fsp3) is 0.200. The summed E-state index contributed by atoms with van der Waals surface area (Å²) < 4.78 is 5.33. The maximum absolute atomic E-state index is 8.79. The zero-order chi connectivity index (χ0) is 15.9. The van der Waals surface area contributed by atoms with Gasteiger partial charge < -0.3 is 14.6 Å². The third-order valence-corrected chi connectivity index (χ3v) is 3.62. The van der Waals surface area contributed by atoms with Crippen molar-refractivity contribution in [1.82, 2.24) is 4.90 Å². The largest absolute Gasteiger partial charge is 0.467 e. The standard InChI is InChI=1S/C15H13Cl2N3OS/c16-11-7-12(17)9-13(8-11)19-15(22)20(5-2-4-18)10-14-3-1-6-21-14/h1,3,6-9H,2,5,10H2,(H,19,22). The van der Waals surface area contributed by atoms with Crippen LogP contribution in [0.2, 0.25) is 10.0 Å². The Hall–Kier alpha value is -1.74. The van der Waals surface area contributed by atoms with Gasteiger partial charge in [0.1, 0.15) is 5.76 Å². The number of hydrogen-bond donors (Lipinski definition) is 1. The zero-order valence-corrected chi connectivity index (χ0v) is 13.9. The first-order valence-corrected chi connectivity index (χ1v) is 7.66. The molecule has 0 aliphatic rings. The summed E-state index contributed by atoms with van der Waals surface area (Å²) in [7, 11) is 0. The van der Waals surface area contributed by atoms with Gasteiger partial charge >= 0.3 is 0 Å². The fourth-order valence-electron chi connectivity index (χ4n) is 1.86. The molecule has 2 aromatic rings. The summed E-state index contributed by atoms with van der Waals surface area (Å²) in [6.07, 6.45) is 1.96. The highest BCUT2D eigenvalue weighted by molar-refractivity contribution is 7.80. The highest BCUT2D eigenvalue weighted by atomic mass is 35.5. The second kappa shape index (κ2) is 8.04. The molecule has 4 nitrogen and oxygen atoms in total. The van der Waals surface area contributed by atoms with E-state index in [2.05, 4.69) is 11.4 Å². The highest BCUT2D eigenvalue weighted by Gasteiger charge is 2.12. The average Bonchev–Trinajstić information content (AvgIpc) is 2.95. The molecule has 0 amide bonds. The van der Waals surface area contributed by atoms with Crippen LogP contribution in [0.3, 0.4) is 0 Å². The Morgan fingerprint density at radius 3 is 2.64 bits per heavy atom. The SMILES string of the molecule is N#CCCN(Cc1ccco1)C(=S)Nc1cc(Cl)cc(Cl)c1. The maximum atomic E-state index is 8.79. The van der Waals surface area contributed by atoms with E-state index in [9.17, 15) is 0 Å². The van der Waals surface area contributed by atoms with Crippen molar-refractivity contribution in [3.05, 3.63) is 52.4 Å². The van der Waals surface area contributed by atoms with Crippen molar-refractivity contribution in [2.24, 2.45) is 0 Å². The third-order valence-electron chi connectivity index (χ3n) is 2.82. The van der Waals surface area contributed by atoms with E-state index in [0.717, 1.165) is 5.76 Å². The summed E-state index contributed by atoms with van der Waals surface area (Å²) in [5.74, 6) is 0.770. The van der Waals surface area contributed by atoms with Gasteiger partial charge in [-0.1, -0.05) is 23.2 Å². The minimum atomic E-state index is 0.360. The van der Waals surface area contributed by atoms with Crippen LogP contribution in [-0.2, 0) is 6.54 Å². The predicted molar refractivity (Wildman–Crippen MR) is 92.0 cm³/mol. The molecule has 0 saturated heterocycles. The van der Waals surface area contributed by atoms with Gasteiger partial charge in [-0.05, 0) is 42.5 Å². The van der Waals surface area contributed by atoms with Gasteiger partial charge in [-0.25, -0.2) is 0 Å². The number of nitriles is 1. The Morgan fingerprint density at radius 2 is 2.05 bits per heavy atom. The molecule has 114 valence electrons. The summed E-state index contributed by atoms with van der Waals surface area (Å²) in [5.41, 5.74) is 0.698. The van der Waals surface area contributed by atoms with Crippen molar-refractivity contribution < 1.29 is 4.42 Å². The normalized spacial score (nSPS) is 10.0. The molecular weight excluding hydrogens is 341 g/mol. The van der Waals surface area contributed by atoms with E-state index in [0.29, 0.717) is 40.4 Å². The first-order chi connectivity index (χ1) is 10.6. The van der Waals surface area contributed by atoms with E-state index in [1.54, 1.807) is 24.5 Å². The van der Waals surface area contributed by atoms with Gasteiger partial charge in [-0.2, -0.15) is 5.26 Å². The van der Waals surface area contributed by atoms with Gasteiger partial charge in [-0.15, -0.1) is 0 Å². The van der Waals surface area contributed by atoms with Crippen LogP contribution in [0.15, 0.2) is 41.0 Å². The molecule has 0 unspecified atom stereocenters. The van der Waals surface area contributed by atoms with Gasteiger partial charge in [0.05, 0.1) is 25.3 Å². The molecule has 0 aliphatic heterocycles. The number of furan rings is 1. The van der Waals surface area contributed by atoms with Crippen LogP contribution in [0.5, 0.6) is 0 Å². The molecule has 1 aromatic carbocycles. The fourth-order valence-corrected chi connectivity index (χ4v) is 2.66. The molecule has 2 rings (SSSR count). The molecule has 0 bridgehead atoms. The third kappa shape index (κ3) is 4.92. The first kappa shape index (κ1) is 16.6. The van der Waals surface area contributed by atoms with Crippen LogP contribution >= 0.6 is 35.4 Å². The van der Waals surface area contributed by atoms with Crippen molar-refractivity contribution in [2.45, 2.75) is 13.0 Å². The lowest BCUT2D eigenvalue weighted by atomic mass is 10.3. The number of nitrogens with zero attached hydrogens (tertiary/aromatic N) is 2. The lowest BCUT2D eigenvalue weighted by Gasteiger charge is -2.24. The molecule has 0 spiro atoms. The molecule has 22 heavy (non-hydrogen) atoms. The lowest BCUT2D eigenvalue weighted by Crippen LogP contribution is -2.34. The van der Waals surface area contributed by atoms with E-state index < -0.39 is 0 Å². The monoisotopic (exact) mass is 353 g/mol. The summed E-state index contributed by atoms with van der Waals surface area (Å²) in [6, 6.07) is 10.9. The van der Waals surface area contributed by atoms with Gasteiger partial charge in [0.25, 0.3) is 0 Å². The number of nitrogens with one attached hydrogen (secondary N) is 1. The van der Waals surface area contributed by atoms with Gasteiger partial charge in [0.15, 0.2) is 5.11 Å². The Bertz CT molecular complexity index is 662. The molecule has 1 aromatic heterocycles. The van der Waals surface area contributed by atoms with Crippen molar-refractivity contribution in [3.8, 4) is 6.07 Å². The quantitative estimate of drug-likeness (QED) is 0.789. The van der Waals surface area contributed by atoms with Gasteiger partial charge in [-0.3, -0.25) is 0 Å². The van der Waals surface area contributed by atoms with Crippen molar-refractivity contribution in [3.63, 3.8) is 0 Å². The highest BCUT2D eigenvalue weighted by Crippen LogP contribution is 2.23. The van der Waals surface area contributed by atoms with E-state index in [1.807, 2.05) is 17.0 Å². The molecule has 1 heterocycles. The lowest BCUT2D eigenvalue weighted by molar-refractivity contribution is 0.371. The van der Waals surface area contributed by atoms with Crippen LogP contribution in [0.1, 0.15) is 12.2 Å². The average molecular weight is 354 g/mol. The van der Waals surface area contributed by atoms with E-state index in [4.69, 9.17) is 45.1 Å². The maximum Gasteiger partial charge on any atom is 0.173 e. The van der Waals surface area contributed by atoms with Gasteiger partial charge in [0.2, 0.25) is 0 Å². The van der Waals surface area contributed by atoms with Crippen molar-refractivity contribution >= 4 is 46.2 Å². The number of thiocarbonyl (C=S) groups is 1. The van der Waals surface area contributed by atoms with Crippen LogP contribution in [0.25, 0.3) is 0 Å². The Morgan fingerprint density at radius 1 is 1.32 bits per heavy atom. The van der Waals surface area contributed by atoms with Crippen molar-refractivity contribution in [2.75, 3.05) is 11.9 Å². The number of benzene rings is 1. The summed E-state index contributed by atoms with van der Waals surface area (Å²) in [6.45, 7) is 0.978. The topological polar surface area (TPSA) is 52.2 Å². The van der Waals surface area contributed by atoms with E-state index >= 15 is 0 Å². The van der Waals surface area contributed by atoms with E-state index in [1.165, 1.54) is 0 Å². The zero-order valence-electron chi connectivity index (χ0n) is 11.6. The Kier molecular flexibility index (Phi) is 6.08. The number of halogens is 2. The second-order valence-corrected chi connectivity index (χ2v) is 5.76. The molecular formula is C15H13Cl2N3OS. The van der Waals surface area contributed by atoms with Crippen LogP contribution in [0.4, 0.5) is 5.69 Å². The first-order valence-electron chi connectivity index (χ1n) is 6.50. The Balaban J connectivity index is 2.09. The predicted octanol–water partition coefficient (Wildman–Crippen LogP) is 4.70. The van der Waals surface area contributed by atoms with Gasteiger partial charge in [0, 0.05) is 22.3 Å². The summed E-state index contributed by atoms with van der Waals surface area (Å²) in [5, 5.41) is 13.4. The van der Waals surface area contributed by atoms with E-state index in [-0.39, 0.29) is 0 Å².